The van der Waals surface area contributed by atoms with Gasteiger partial charge in [0.2, 0.25) is 0 Å². The Morgan fingerprint density at radius 2 is 1.96 bits per heavy atom. The first kappa shape index (κ1) is 15.7. The number of ether oxygens (including phenoxy) is 1. The van der Waals surface area contributed by atoms with Crippen LogP contribution in [0.1, 0.15) is 22.8 Å². The fourth-order valence-electron chi connectivity index (χ4n) is 2.50. The number of amides is 1. The summed E-state index contributed by atoms with van der Waals surface area (Å²) in [4.78, 5) is 24.6. The Kier molecular flexibility index (Phi) is 4.29. The quantitative estimate of drug-likeness (QED) is 0.747. The highest BCUT2D eigenvalue weighted by molar-refractivity contribution is 6.03. The molecule has 1 amide bonds. The number of rotatable bonds is 3. The molecule has 1 heterocycles. The monoisotopic (exact) mass is 323 g/mol. The molecular weight excluding hydrogens is 306 g/mol. The minimum atomic E-state index is -0.477. The number of esters is 1. The van der Waals surface area contributed by atoms with Gasteiger partial charge in [0.25, 0.3) is 0 Å². The fraction of sp³-hybridized carbons (Fsp3) is 0.167. The van der Waals surface area contributed by atoms with Gasteiger partial charge in [-0.15, -0.1) is 0 Å². The van der Waals surface area contributed by atoms with Crippen molar-refractivity contribution in [3.05, 3.63) is 59.8 Å². The summed E-state index contributed by atoms with van der Waals surface area (Å²) >= 11 is 0. The Morgan fingerprint density at radius 3 is 2.75 bits per heavy atom. The van der Waals surface area contributed by atoms with Gasteiger partial charge in [-0.25, -0.2) is 9.59 Å². The van der Waals surface area contributed by atoms with E-state index < -0.39 is 12.0 Å². The number of nitrogens with one attached hydrogen (secondary N) is 1. The number of anilines is 1. The lowest BCUT2D eigenvalue weighted by atomic mass is 10.1. The lowest BCUT2D eigenvalue weighted by Gasteiger charge is -2.10. The molecule has 1 aromatic heterocycles. The number of hydrogen-bond donors (Lipinski definition) is 1. The first-order chi connectivity index (χ1) is 11.6. The molecule has 0 saturated heterocycles. The van der Waals surface area contributed by atoms with Gasteiger partial charge < -0.3 is 10.1 Å². The molecule has 0 aliphatic carbocycles. The molecule has 0 saturated carbocycles. The number of aromatic nitrogens is 2. The lowest BCUT2D eigenvalue weighted by molar-refractivity contribution is 0.0527. The minimum Gasteiger partial charge on any atom is -0.462 e. The summed E-state index contributed by atoms with van der Waals surface area (Å²) in [5.74, 6) is -0.477. The molecule has 0 atom stereocenters. The number of carbonyl (C=O) groups is 2. The van der Waals surface area contributed by atoms with E-state index in [1.807, 2.05) is 25.1 Å². The molecule has 122 valence electrons. The molecule has 0 aliphatic heterocycles. The molecule has 0 bridgehead atoms. The summed E-state index contributed by atoms with van der Waals surface area (Å²) in [6, 6.07) is 11.9. The normalized spacial score (nSPS) is 10.6. The highest BCUT2D eigenvalue weighted by Crippen LogP contribution is 2.20. The summed E-state index contributed by atoms with van der Waals surface area (Å²) in [5.41, 5.74) is 2.44. The topological polar surface area (TPSA) is 73.2 Å². The molecular formula is C18H17N3O3. The van der Waals surface area contributed by atoms with Crippen LogP contribution in [0.15, 0.2) is 48.7 Å². The third kappa shape index (κ3) is 2.86. The molecule has 3 rings (SSSR count). The Hall–Kier alpha value is -3.15. The van der Waals surface area contributed by atoms with Gasteiger partial charge >= 0.3 is 12.0 Å². The molecule has 3 aromatic rings. The van der Waals surface area contributed by atoms with Gasteiger partial charge in [0, 0.05) is 5.39 Å². The molecule has 0 unspecified atom stereocenters. The lowest BCUT2D eigenvalue weighted by Crippen LogP contribution is -2.22. The number of carbonyl (C=O) groups excluding carboxylic acids is 2. The number of para-hydroxylation sites is 1. The van der Waals surface area contributed by atoms with E-state index in [0.717, 1.165) is 10.9 Å². The maximum absolute atomic E-state index is 12.6. The zero-order valence-electron chi connectivity index (χ0n) is 13.4. The maximum Gasteiger partial charge on any atom is 0.347 e. The van der Waals surface area contributed by atoms with Crippen LogP contribution in [-0.4, -0.2) is 28.4 Å². The highest BCUT2D eigenvalue weighted by atomic mass is 16.5. The van der Waals surface area contributed by atoms with Crippen LogP contribution in [0.25, 0.3) is 10.9 Å². The molecule has 0 radical (unpaired) electrons. The molecule has 6 heteroatoms. The summed E-state index contributed by atoms with van der Waals surface area (Å²) in [6.45, 7) is 3.96. The second kappa shape index (κ2) is 6.54. The van der Waals surface area contributed by atoms with Gasteiger partial charge in [0.05, 0.1) is 29.6 Å². The number of benzene rings is 2. The Bertz CT molecular complexity index is 915. The van der Waals surface area contributed by atoms with Crippen molar-refractivity contribution in [2.24, 2.45) is 0 Å². The predicted octanol–water partition coefficient (Wildman–Crippen LogP) is 3.60. The number of fused-ring (bicyclic) bond motifs is 1. The second-order valence-corrected chi connectivity index (χ2v) is 5.26. The van der Waals surface area contributed by atoms with E-state index >= 15 is 0 Å². The van der Waals surface area contributed by atoms with Crippen molar-refractivity contribution in [3.63, 3.8) is 0 Å². The Balaban J connectivity index is 1.93. The van der Waals surface area contributed by atoms with Gasteiger partial charge in [-0.3, -0.25) is 0 Å². The van der Waals surface area contributed by atoms with Crippen LogP contribution in [0.4, 0.5) is 10.5 Å². The van der Waals surface area contributed by atoms with Crippen LogP contribution in [0.2, 0.25) is 0 Å². The average molecular weight is 323 g/mol. The van der Waals surface area contributed by atoms with Crippen molar-refractivity contribution in [3.8, 4) is 0 Å². The van der Waals surface area contributed by atoms with E-state index in [1.165, 1.54) is 4.68 Å². The second-order valence-electron chi connectivity index (χ2n) is 5.26. The van der Waals surface area contributed by atoms with Crippen LogP contribution in [0.5, 0.6) is 0 Å². The molecule has 1 N–H and O–H groups in total. The molecule has 24 heavy (non-hydrogen) atoms. The van der Waals surface area contributed by atoms with Crippen molar-refractivity contribution in [1.29, 1.82) is 0 Å². The van der Waals surface area contributed by atoms with Crippen molar-refractivity contribution in [2.75, 3.05) is 11.9 Å². The van der Waals surface area contributed by atoms with Gasteiger partial charge in [-0.2, -0.15) is 9.78 Å². The van der Waals surface area contributed by atoms with E-state index in [4.69, 9.17) is 4.74 Å². The minimum absolute atomic E-state index is 0.268. The number of nitrogens with zero attached hydrogens (tertiary/aromatic N) is 2. The summed E-state index contributed by atoms with van der Waals surface area (Å²) in [5, 5.41) is 7.78. The Morgan fingerprint density at radius 1 is 1.17 bits per heavy atom. The summed E-state index contributed by atoms with van der Waals surface area (Å²) in [7, 11) is 0. The maximum atomic E-state index is 12.6. The van der Waals surface area contributed by atoms with Crippen molar-refractivity contribution in [1.82, 2.24) is 9.78 Å². The molecule has 6 nitrogen and oxygen atoms in total. The zero-order chi connectivity index (χ0) is 17.1. The van der Waals surface area contributed by atoms with Gasteiger partial charge in [-0.1, -0.05) is 24.3 Å². The average Bonchev–Trinajstić information content (AvgIpc) is 3.01. The van der Waals surface area contributed by atoms with E-state index in [2.05, 4.69) is 10.4 Å². The largest absolute Gasteiger partial charge is 0.462 e. The van der Waals surface area contributed by atoms with E-state index in [9.17, 15) is 9.59 Å². The van der Waals surface area contributed by atoms with Crippen LogP contribution < -0.4 is 5.32 Å². The third-order valence-corrected chi connectivity index (χ3v) is 3.69. The van der Waals surface area contributed by atoms with Crippen LogP contribution in [0.3, 0.4) is 0 Å². The van der Waals surface area contributed by atoms with Crippen molar-refractivity contribution < 1.29 is 14.3 Å². The smallest absolute Gasteiger partial charge is 0.347 e. The number of aryl methyl sites for hydroxylation is 1. The van der Waals surface area contributed by atoms with Crippen LogP contribution >= 0.6 is 0 Å². The van der Waals surface area contributed by atoms with Gasteiger partial charge in [0.1, 0.15) is 0 Å². The molecule has 0 fully saturated rings. The van der Waals surface area contributed by atoms with Crippen molar-refractivity contribution in [2.45, 2.75) is 13.8 Å². The first-order valence-corrected chi connectivity index (χ1v) is 7.62. The van der Waals surface area contributed by atoms with Crippen molar-refractivity contribution >= 4 is 28.6 Å². The van der Waals surface area contributed by atoms with Gasteiger partial charge in [0.15, 0.2) is 0 Å². The Labute approximate surface area is 139 Å². The molecule has 0 spiro atoms. The van der Waals surface area contributed by atoms with E-state index in [1.54, 1.807) is 37.4 Å². The molecule has 2 aromatic carbocycles. The van der Waals surface area contributed by atoms with E-state index in [0.29, 0.717) is 16.8 Å². The van der Waals surface area contributed by atoms with Gasteiger partial charge in [-0.05, 0) is 37.6 Å². The standard InChI is InChI=1S/C18H17N3O3/c1-3-24-17(22)13-8-4-5-9-15(13)20-18(23)21-16-10-6-7-12(2)14(16)11-19-21/h4-11H,3H2,1-2H3,(H,20,23). The summed E-state index contributed by atoms with van der Waals surface area (Å²) < 4.78 is 6.30. The fourth-order valence-corrected chi connectivity index (χ4v) is 2.50. The SMILES string of the molecule is CCOC(=O)c1ccccc1NC(=O)n1ncc2c(C)cccc21. The highest BCUT2D eigenvalue weighted by Gasteiger charge is 2.16. The molecule has 0 aliphatic rings. The first-order valence-electron chi connectivity index (χ1n) is 7.62. The van der Waals surface area contributed by atoms with Crippen LogP contribution in [-0.2, 0) is 4.74 Å². The number of hydrogen-bond acceptors (Lipinski definition) is 4. The van der Waals surface area contributed by atoms with E-state index in [-0.39, 0.29) is 6.61 Å². The van der Waals surface area contributed by atoms with Crippen LogP contribution in [0, 0.1) is 6.92 Å². The predicted molar refractivity (Wildman–Crippen MR) is 91.3 cm³/mol. The zero-order valence-corrected chi connectivity index (χ0v) is 13.4. The summed E-state index contributed by atoms with van der Waals surface area (Å²) in [6.07, 6.45) is 1.65. The third-order valence-electron chi connectivity index (χ3n) is 3.69.